The molecule has 3 nitrogen and oxygen atoms in total. The lowest BCUT2D eigenvalue weighted by Crippen LogP contribution is -2.26. The van der Waals surface area contributed by atoms with Gasteiger partial charge in [0, 0.05) is 28.6 Å². The van der Waals surface area contributed by atoms with Crippen molar-refractivity contribution in [1.29, 1.82) is 0 Å². The maximum Gasteiger partial charge on any atom is 0.252 e. The number of carbonyl (C=O) groups excluding carboxylic acids is 1. The molecule has 0 fully saturated rings. The van der Waals surface area contributed by atoms with Gasteiger partial charge < -0.3 is 10.6 Å². The van der Waals surface area contributed by atoms with Gasteiger partial charge in [-0.3, -0.25) is 4.79 Å². The van der Waals surface area contributed by atoms with E-state index in [0.29, 0.717) is 0 Å². The van der Waals surface area contributed by atoms with E-state index in [4.69, 9.17) is 0 Å². The minimum atomic E-state index is 0.0389. The Morgan fingerprint density at radius 2 is 2.25 bits per heavy atom. The molecule has 2 heterocycles. The molecule has 0 bridgehead atoms. The first-order valence-corrected chi connectivity index (χ1v) is 7.85. The average Bonchev–Trinajstić information content (AvgIpc) is 2.92. The minimum absolute atomic E-state index is 0.0389. The van der Waals surface area contributed by atoms with Crippen LogP contribution in [0.5, 0.6) is 0 Å². The molecule has 1 amide bonds. The van der Waals surface area contributed by atoms with Crippen LogP contribution in [0.25, 0.3) is 10.1 Å². The van der Waals surface area contributed by atoms with Crippen molar-refractivity contribution in [3.8, 4) is 0 Å². The fourth-order valence-electron chi connectivity index (χ4n) is 2.48. The summed E-state index contributed by atoms with van der Waals surface area (Å²) in [6.07, 6.45) is 4.28. The molecule has 1 aromatic heterocycles. The van der Waals surface area contributed by atoms with Crippen LogP contribution in [0.4, 0.5) is 0 Å². The van der Waals surface area contributed by atoms with Crippen LogP contribution in [0.2, 0.25) is 0 Å². The number of hydrogen-bond acceptors (Lipinski definition) is 3. The van der Waals surface area contributed by atoms with Crippen molar-refractivity contribution in [3.63, 3.8) is 0 Å². The summed E-state index contributed by atoms with van der Waals surface area (Å²) in [5.74, 6) is 0.0389. The number of thiophene rings is 1. The number of fused-ring (bicyclic) bond motifs is 1. The lowest BCUT2D eigenvalue weighted by molar-refractivity contribution is 0.0956. The Morgan fingerprint density at radius 3 is 3.10 bits per heavy atom. The molecule has 1 aliphatic heterocycles. The standard InChI is InChI=1S/C16H18N2OS/c19-16(18-10-7-12-5-8-17-9-6-12)14-11-20-15-4-2-1-3-13(14)15/h1-5,11,17H,6-10H2,(H,18,19). The lowest BCUT2D eigenvalue weighted by atomic mass is 10.1. The number of carbonyl (C=O) groups is 1. The predicted molar refractivity (Wildman–Crippen MR) is 84.3 cm³/mol. The van der Waals surface area contributed by atoms with E-state index in [9.17, 15) is 4.79 Å². The minimum Gasteiger partial charge on any atom is -0.352 e. The molecule has 1 aromatic carbocycles. The Morgan fingerprint density at radius 1 is 1.35 bits per heavy atom. The number of hydrogen-bond donors (Lipinski definition) is 2. The first-order chi connectivity index (χ1) is 9.84. The van der Waals surface area contributed by atoms with Gasteiger partial charge in [-0.05, 0) is 25.5 Å². The van der Waals surface area contributed by atoms with Crippen molar-refractivity contribution >= 4 is 27.3 Å². The zero-order valence-corrected chi connectivity index (χ0v) is 12.1. The molecular formula is C16H18N2OS. The summed E-state index contributed by atoms with van der Waals surface area (Å²) in [6.45, 7) is 2.72. The molecule has 4 heteroatoms. The monoisotopic (exact) mass is 286 g/mol. The van der Waals surface area contributed by atoms with Gasteiger partial charge in [-0.2, -0.15) is 0 Å². The van der Waals surface area contributed by atoms with Crippen molar-refractivity contribution in [2.75, 3.05) is 19.6 Å². The predicted octanol–water partition coefficient (Wildman–Crippen LogP) is 2.94. The van der Waals surface area contributed by atoms with Gasteiger partial charge in [0.15, 0.2) is 0 Å². The van der Waals surface area contributed by atoms with Crippen molar-refractivity contribution in [1.82, 2.24) is 10.6 Å². The molecule has 0 spiro atoms. The van der Waals surface area contributed by atoms with Crippen LogP contribution in [0.1, 0.15) is 23.2 Å². The zero-order valence-electron chi connectivity index (χ0n) is 11.3. The van der Waals surface area contributed by atoms with Crippen LogP contribution < -0.4 is 10.6 Å². The topological polar surface area (TPSA) is 41.1 Å². The van der Waals surface area contributed by atoms with E-state index < -0.39 is 0 Å². The summed E-state index contributed by atoms with van der Waals surface area (Å²) in [6, 6.07) is 8.04. The molecule has 20 heavy (non-hydrogen) atoms. The number of amides is 1. The third-order valence-electron chi connectivity index (χ3n) is 3.62. The molecule has 0 unspecified atom stereocenters. The highest BCUT2D eigenvalue weighted by Gasteiger charge is 2.11. The van der Waals surface area contributed by atoms with Crippen LogP contribution >= 0.6 is 11.3 Å². The van der Waals surface area contributed by atoms with Gasteiger partial charge in [-0.1, -0.05) is 29.8 Å². The van der Waals surface area contributed by atoms with Gasteiger partial charge in [0.25, 0.3) is 5.91 Å². The number of nitrogens with one attached hydrogen (secondary N) is 2. The second kappa shape index (κ2) is 6.20. The van der Waals surface area contributed by atoms with Crippen molar-refractivity contribution in [2.24, 2.45) is 0 Å². The zero-order chi connectivity index (χ0) is 13.8. The Kier molecular flexibility index (Phi) is 4.14. The molecule has 3 rings (SSSR count). The molecule has 0 aliphatic carbocycles. The molecule has 0 saturated heterocycles. The molecule has 2 aromatic rings. The quantitative estimate of drug-likeness (QED) is 0.849. The van der Waals surface area contributed by atoms with E-state index in [2.05, 4.69) is 22.8 Å². The van der Waals surface area contributed by atoms with Crippen molar-refractivity contribution < 1.29 is 4.79 Å². The molecule has 0 atom stereocenters. The second-order valence-electron chi connectivity index (χ2n) is 4.97. The fraction of sp³-hybridized carbons (Fsp3) is 0.312. The molecular weight excluding hydrogens is 268 g/mol. The van der Waals surface area contributed by atoms with Gasteiger partial charge in [0.1, 0.15) is 0 Å². The highest BCUT2D eigenvalue weighted by Crippen LogP contribution is 2.25. The maximum atomic E-state index is 12.2. The van der Waals surface area contributed by atoms with Crippen molar-refractivity contribution in [3.05, 3.63) is 46.9 Å². The summed E-state index contributed by atoms with van der Waals surface area (Å²) >= 11 is 1.62. The van der Waals surface area contributed by atoms with Gasteiger partial charge >= 0.3 is 0 Å². The highest BCUT2D eigenvalue weighted by molar-refractivity contribution is 7.17. The summed E-state index contributed by atoms with van der Waals surface area (Å²) in [4.78, 5) is 12.2. The highest BCUT2D eigenvalue weighted by atomic mass is 32.1. The first-order valence-electron chi connectivity index (χ1n) is 6.97. The Labute approximate surface area is 122 Å². The molecule has 0 saturated carbocycles. The van der Waals surface area contributed by atoms with Gasteiger partial charge in [-0.15, -0.1) is 11.3 Å². The van der Waals surface area contributed by atoms with Gasteiger partial charge in [-0.25, -0.2) is 0 Å². The third kappa shape index (κ3) is 2.92. The summed E-state index contributed by atoms with van der Waals surface area (Å²) in [5.41, 5.74) is 2.24. The summed E-state index contributed by atoms with van der Waals surface area (Å²) in [5, 5.41) is 9.33. The Balaban J connectivity index is 1.60. The SMILES string of the molecule is O=C(NCCC1=CCNCC1)c1csc2ccccc12. The summed E-state index contributed by atoms with van der Waals surface area (Å²) in [7, 11) is 0. The third-order valence-corrected chi connectivity index (χ3v) is 4.58. The van der Waals surface area contributed by atoms with Crippen LogP contribution in [-0.4, -0.2) is 25.5 Å². The Bertz CT molecular complexity index is 645. The normalized spacial score (nSPS) is 15.1. The van der Waals surface area contributed by atoms with Gasteiger partial charge in [0.05, 0.1) is 5.56 Å². The maximum absolute atomic E-state index is 12.2. The van der Waals surface area contributed by atoms with E-state index in [1.54, 1.807) is 11.3 Å². The van der Waals surface area contributed by atoms with Crippen LogP contribution in [0.3, 0.4) is 0 Å². The average molecular weight is 286 g/mol. The Hall–Kier alpha value is -1.65. The lowest BCUT2D eigenvalue weighted by Gasteiger charge is -2.14. The van der Waals surface area contributed by atoms with E-state index in [1.165, 1.54) is 10.3 Å². The van der Waals surface area contributed by atoms with E-state index in [0.717, 1.165) is 43.4 Å². The number of benzene rings is 1. The van der Waals surface area contributed by atoms with Crippen LogP contribution in [0, 0.1) is 0 Å². The van der Waals surface area contributed by atoms with E-state index in [-0.39, 0.29) is 5.91 Å². The first kappa shape index (κ1) is 13.3. The van der Waals surface area contributed by atoms with E-state index >= 15 is 0 Å². The molecule has 1 aliphatic rings. The fourth-order valence-corrected chi connectivity index (χ4v) is 3.42. The smallest absolute Gasteiger partial charge is 0.252 e. The van der Waals surface area contributed by atoms with Crippen molar-refractivity contribution in [2.45, 2.75) is 12.8 Å². The summed E-state index contributed by atoms with van der Waals surface area (Å²) < 4.78 is 1.17. The molecule has 0 radical (unpaired) electrons. The molecule has 2 N–H and O–H groups in total. The van der Waals surface area contributed by atoms with E-state index in [1.807, 2.05) is 23.6 Å². The number of rotatable bonds is 4. The molecule has 104 valence electrons. The van der Waals surface area contributed by atoms with Crippen LogP contribution in [0.15, 0.2) is 41.3 Å². The van der Waals surface area contributed by atoms with Gasteiger partial charge in [0.2, 0.25) is 0 Å². The second-order valence-corrected chi connectivity index (χ2v) is 5.88. The largest absolute Gasteiger partial charge is 0.352 e. The van der Waals surface area contributed by atoms with Crippen LogP contribution in [-0.2, 0) is 0 Å².